The molecule has 1 amide bonds. The Morgan fingerprint density at radius 3 is 2.24 bits per heavy atom. The van der Waals surface area contributed by atoms with Crippen molar-refractivity contribution < 1.29 is 22.7 Å². The molecule has 0 aromatic heterocycles. The monoisotopic (exact) mass is 470 g/mol. The van der Waals surface area contributed by atoms with Gasteiger partial charge in [-0.05, 0) is 30.0 Å². The van der Waals surface area contributed by atoms with Crippen molar-refractivity contribution in [3.05, 3.63) is 77.2 Å². The third-order valence-electron chi connectivity index (χ3n) is 5.74. The summed E-state index contributed by atoms with van der Waals surface area (Å²) in [7, 11) is -2.23. The predicted octanol–water partition coefficient (Wildman–Crippen LogP) is 3.29. The quantitative estimate of drug-likeness (QED) is 0.525. The molecule has 7 nitrogen and oxygen atoms in total. The Morgan fingerprint density at radius 1 is 1.03 bits per heavy atom. The molecule has 33 heavy (non-hydrogen) atoms. The first kappa shape index (κ1) is 24.7. The molecule has 1 heterocycles. The molecule has 1 aliphatic rings. The Hall–Kier alpha value is -2.97. The number of piperidine rings is 1. The Kier molecular flexibility index (Phi) is 8.79. The maximum absolute atomic E-state index is 13.3. The molecule has 8 heteroatoms. The Bertz CT molecular complexity index is 1050. The number of hydrogen-bond acceptors (Lipinski definition) is 5. The van der Waals surface area contributed by atoms with Crippen molar-refractivity contribution in [2.75, 3.05) is 26.7 Å². The van der Waals surface area contributed by atoms with Crippen LogP contribution in [0, 0.1) is 5.92 Å². The fraction of sp³-hybridized carbons (Fsp3) is 0.360. The number of esters is 1. The van der Waals surface area contributed by atoms with Gasteiger partial charge in [0.2, 0.25) is 15.9 Å². The van der Waals surface area contributed by atoms with Gasteiger partial charge in [0, 0.05) is 37.5 Å². The maximum atomic E-state index is 13.3. The van der Waals surface area contributed by atoms with Gasteiger partial charge in [-0.3, -0.25) is 9.59 Å². The summed E-state index contributed by atoms with van der Waals surface area (Å²) in [5, 5.41) is 1.22. The van der Waals surface area contributed by atoms with Crippen molar-refractivity contribution in [3.63, 3.8) is 0 Å². The van der Waals surface area contributed by atoms with Crippen LogP contribution >= 0.6 is 0 Å². The molecule has 0 bridgehead atoms. The summed E-state index contributed by atoms with van der Waals surface area (Å²) in [6.07, 6.45) is 2.59. The van der Waals surface area contributed by atoms with Crippen LogP contribution < -0.4 is 0 Å². The van der Waals surface area contributed by atoms with Gasteiger partial charge < -0.3 is 9.64 Å². The second-order valence-corrected chi connectivity index (χ2v) is 9.82. The molecule has 0 radical (unpaired) electrons. The standard InChI is InChI=1S/C25H30N2O5S/c1-32-24(28)14-16-26(20-22-10-6-3-7-11-22)25(29)23-12-17-27(18-13-23)33(30,31)19-15-21-8-4-2-5-9-21/h2-11,15,19,23H,12-14,16-18,20H2,1H3/b19-15+. The summed E-state index contributed by atoms with van der Waals surface area (Å²) in [5.41, 5.74) is 1.79. The van der Waals surface area contributed by atoms with Gasteiger partial charge in [-0.2, -0.15) is 4.31 Å². The van der Waals surface area contributed by atoms with Gasteiger partial charge in [-0.25, -0.2) is 8.42 Å². The summed E-state index contributed by atoms with van der Waals surface area (Å²) < 4.78 is 31.6. The molecule has 0 unspecified atom stereocenters. The van der Waals surface area contributed by atoms with Gasteiger partial charge in [0.15, 0.2) is 0 Å². The molecule has 0 spiro atoms. The Balaban J connectivity index is 1.62. The summed E-state index contributed by atoms with van der Waals surface area (Å²) in [6.45, 7) is 1.23. The highest BCUT2D eigenvalue weighted by molar-refractivity contribution is 7.92. The molecule has 0 N–H and O–H groups in total. The second-order valence-electron chi connectivity index (χ2n) is 8.00. The number of sulfonamides is 1. The van der Waals surface area contributed by atoms with Gasteiger partial charge in [-0.1, -0.05) is 60.7 Å². The fourth-order valence-corrected chi connectivity index (χ4v) is 5.05. The van der Waals surface area contributed by atoms with Crippen molar-refractivity contribution in [2.45, 2.75) is 25.8 Å². The topological polar surface area (TPSA) is 84.0 Å². The number of methoxy groups -OCH3 is 1. The van der Waals surface area contributed by atoms with Crippen molar-refractivity contribution in [1.29, 1.82) is 0 Å². The van der Waals surface area contributed by atoms with Crippen LogP contribution in [0.5, 0.6) is 0 Å². The molecular weight excluding hydrogens is 440 g/mol. The zero-order chi connectivity index (χ0) is 23.7. The smallest absolute Gasteiger partial charge is 0.307 e. The second kappa shape index (κ2) is 11.8. The number of hydrogen-bond donors (Lipinski definition) is 0. The molecule has 2 aromatic carbocycles. The first-order valence-electron chi connectivity index (χ1n) is 11.0. The van der Waals surface area contributed by atoms with Crippen LogP contribution in [0.3, 0.4) is 0 Å². The van der Waals surface area contributed by atoms with Crippen LogP contribution in [0.1, 0.15) is 30.4 Å². The maximum Gasteiger partial charge on any atom is 0.307 e. The van der Waals surface area contributed by atoms with Gasteiger partial charge in [0.25, 0.3) is 0 Å². The van der Waals surface area contributed by atoms with Gasteiger partial charge >= 0.3 is 5.97 Å². The number of benzene rings is 2. The summed E-state index contributed by atoms with van der Waals surface area (Å²) in [4.78, 5) is 26.6. The highest BCUT2D eigenvalue weighted by atomic mass is 32.2. The van der Waals surface area contributed by atoms with E-state index in [1.165, 1.54) is 16.8 Å². The largest absolute Gasteiger partial charge is 0.469 e. The fourth-order valence-electron chi connectivity index (χ4n) is 3.83. The first-order valence-corrected chi connectivity index (χ1v) is 12.5. The van der Waals surface area contributed by atoms with E-state index in [4.69, 9.17) is 4.74 Å². The summed E-state index contributed by atoms with van der Waals surface area (Å²) >= 11 is 0. The third-order valence-corrected chi connectivity index (χ3v) is 7.30. The first-order chi connectivity index (χ1) is 15.9. The van der Waals surface area contributed by atoms with E-state index in [-0.39, 0.29) is 43.8 Å². The lowest BCUT2D eigenvalue weighted by Crippen LogP contribution is -2.44. The van der Waals surface area contributed by atoms with Gasteiger partial charge in [-0.15, -0.1) is 0 Å². The third kappa shape index (κ3) is 7.27. The SMILES string of the molecule is COC(=O)CCN(Cc1ccccc1)C(=O)C1CCN(S(=O)(=O)/C=C/c2ccccc2)CC1. The molecule has 1 fully saturated rings. The van der Waals surface area contributed by atoms with E-state index in [1.807, 2.05) is 60.7 Å². The van der Waals surface area contributed by atoms with Crippen LogP contribution in [0.25, 0.3) is 6.08 Å². The summed E-state index contributed by atoms with van der Waals surface area (Å²) in [5.74, 6) is -0.706. The van der Waals surface area contributed by atoms with E-state index in [2.05, 4.69) is 0 Å². The number of ether oxygens (including phenoxy) is 1. The molecule has 3 rings (SSSR count). The van der Waals surface area contributed by atoms with Crippen molar-refractivity contribution in [1.82, 2.24) is 9.21 Å². The van der Waals surface area contributed by atoms with Crippen molar-refractivity contribution >= 4 is 28.0 Å². The molecule has 2 aromatic rings. The molecule has 176 valence electrons. The molecule has 1 aliphatic heterocycles. The van der Waals surface area contributed by atoms with E-state index in [0.717, 1.165) is 11.1 Å². The minimum atomic E-state index is -3.56. The number of rotatable bonds is 9. The molecule has 0 saturated carbocycles. The lowest BCUT2D eigenvalue weighted by molar-refractivity contribution is -0.143. The van der Waals surface area contributed by atoms with E-state index >= 15 is 0 Å². The van der Waals surface area contributed by atoms with Crippen LogP contribution in [0.2, 0.25) is 0 Å². The number of nitrogens with zero attached hydrogens (tertiary/aromatic N) is 2. The number of carbonyl (C=O) groups excluding carboxylic acids is 2. The number of carbonyl (C=O) groups is 2. The predicted molar refractivity (Wildman–Crippen MR) is 127 cm³/mol. The highest BCUT2D eigenvalue weighted by Crippen LogP contribution is 2.24. The number of amides is 1. The molecule has 1 saturated heterocycles. The average molecular weight is 471 g/mol. The molecule has 0 atom stereocenters. The zero-order valence-corrected chi connectivity index (χ0v) is 19.6. The van der Waals surface area contributed by atoms with Crippen LogP contribution in [0.15, 0.2) is 66.1 Å². The average Bonchev–Trinajstić information content (AvgIpc) is 2.86. The minimum absolute atomic E-state index is 0.0559. The normalized spacial score (nSPS) is 15.4. The van der Waals surface area contributed by atoms with Crippen molar-refractivity contribution in [3.8, 4) is 0 Å². The van der Waals surface area contributed by atoms with Crippen LogP contribution in [0.4, 0.5) is 0 Å². The lowest BCUT2D eigenvalue weighted by atomic mass is 9.96. The van der Waals surface area contributed by atoms with Crippen molar-refractivity contribution in [2.24, 2.45) is 5.92 Å². The van der Waals surface area contributed by atoms with E-state index in [9.17, 15) is 18.0 Å². The molecule has 0 aliphatic carbocycles. The van der Waals surface area contributed by atoms with Gasteiger partial charge in [0.1, 0.15) is 0 Å². The Labute approximate surface area is 195 Å². The van der Waals surface area contributed by atoms with E-state index < -0.39 is 10.0 Å². The minimum Gasteiger partial charge on any atom is -0.469 e. The van der Waals surface area contributed by atoms with Crippen LogP contribution in [-0.4, -0.2) is 56.2 Å². The van der Waals surface area contributed by atoms with Gasteiger partial charge in [0.05, 0.1) is 13.5 Å². The lowest BCUT2D eigenvalue weighted by Gasteiger charge is -2.33. The molecular formula is C25H30N2O5S. The Morgan fingerprint density at radius 2 is 1.64 bits per heavy atom. The van der Waals surface area contributed by atoms with E-state index in [1.54, 1.807) is 11.0 Å². The zero-order valence-electron chi connectivity index (χ0n) is 18.8. The summed E-state index contributed by atoms with van der Waals surface area (Å²) in [6, 6.07) is 18.9. The van der Waals surface area contributed by atoms with Crippen LogP contribution in [-0.2, 0) is 30.9 Å². The van der Waals surface area contributed by atoms with E-state index in [0.29, 0.717) is 19.4 Å². The highest BCUT2D eigenvalue weighted by Gasteiger charge is 2.32.